The third-order valence-corrected chi connectivity index (χ3v) is 6.86. The number of carbonyl (C=O) groups excluding carboxylic acids is 2. The lowest BCUT2D eigenvalue weighted by atomic mass is 10.1. The van der Waals surface area contributed by atoms with Gasteiger partial charge in [-0.1, -0.05) is 52.0 Å². The van der Waals surface area contributed by atoms with Gasteiger partial charge in [0.2, 0.25) is 11.8 Å². The molecule has 1 aliphatic rings. The molecule has 1 saturated heterocycles. The molecule has 4 rings (SSSR count). The summed E-state index contributed by atoms with van der Waals surface area (Å²) in [6, 6.07) is 14.1. The first-order valence-corrected chi connectivity index (χ1v) is 12.7. The number of aromatic nitrogens is 2. The van der Waals surface area contributed by atoms with Crippen LogP contribution in [0.3, 0.4) is 0 Å². The van der Waals surface area contributed by atoms with Crippen molar-refractivity contribution in [3.05, 3.63) is 59.4 Å². The molecule has 2 aromatic carbocycles. The van der Waals surface area contributed by atoms with Crippen LogP contribution < -0.4 is 4.90 Å². The van der Waals surface area contributed by atoms with Crippen LogP contribution in [0.5, 0.6) is 0 Å². The zero-order valence-corrected chi connectivity index (χ0v) is 21.9. The van der Waals surface area contributed by atoms with Gasteiger partial charge in [-0.3, -0.25) is 9.59 Å². The molecule has 6 heteroatoms. The molecule has 3 aromatic rings. The number of carbonyl (C=O) groups is 2. The minimum Gasteiger partial charge on any atom is -0.341 e. The van der Waals surface area contributed by atoms with Crippen molar-refractivity contribution in [1.82, 2.24) is 14.5 Å². The zero-order chi connectivity index (χ0) is 25.3. The van der Waals surface area contributed by atoms with Gasteiger partial charge in [0.25, 0.3) is 0 Å². The Balaban J connectivity index is 1.67. The number of fused-ring (bicyclic) bond motifs is 1. The average Bonchev–Trinajstić information content (AvgIpc) is 3.35. The Morgan fingerprint density at radius 3 is 2.40 bits per heavy atom. The molecule has 6 nitrogen and oxygen atoms in total. The molecule has 1 fully saturated rings. The standard InChI is InChI=1S/C29H38N4O2/c1-19(2)15-31(16-20(3)4)28(35)18-33-26-12-8-7-11-24(26)30-29(33)23-14-27(34)32(17-23)25-13-9-10-21(5)22(25)6/h7-13,19-20,23H,14-18H2,1-6H3. The number of nitrogens with zero attached hydrogens (tertiary/aromatic N) is 4. The van der Waals surface area contributed by atoms with E-state index in [0.717, 1.165) is 41.2 Å². The van der Waals surface area contributed by atoms with Crippen molar-refractivity contribution in [3.8, 4) is 0 Å². The summed E-state index contributed by atoms with van der Waals surface area (Å²) in [6.07, 6.45) is 0.395. The summed E-state index contributed by atoms with van der Waals surface area (Å²) in [5.74, 6) is 1.77. The number of aryl methyl sites for hydroxylation is 1. The van der Waals surface area contributed by atoms with Crippen LogP contribution in [0.2, 0.25) is 0 Å². The molecule has 186 valence electrons. The predicted molar refractivity (Wildman–Crippen MR) is 142 cm³/mol. The van der Waals surface area contributed by atoms with E-state index in [2.05, 4.69) is 52.2 Å². The molecule has 1 unspecified atom stereocenters. The lowest BCUT2D eigenvalue weighted by Crippen LogP contribution is -2.39. The van der Waals surface area contributed by atoms with Crippen LogP contribution in [0, 0.1) is 25.7 Å². The van der Waals surface area contributed by atoms with E-state index in [0.29, 0.717) is 24.8 Å². The highest BCUT2D eigenvalue weighted by molar-refractivity contribution is 5.97. The molecular weight excluding hydrogens is 436 g/mol. The zero-order valence-electron chi connectivity index (χ0n) is 21.9. The van der Waals surface area contributed by atoms with E-state index < -0.39 is 0 Å². The topological polar surface area (TPSA) is 58.4 Å². The van der Waals surface area contributed by atoms with Crippen molar-refractivity contribution in [1.29, 1.82) is 0 Å². The highest BCUT2D eigenvalue weighted by Crippen LogP contribution is 2.35. The molecule has 1 atom stereocenters. The van der Waals surface area contributed by atoms with Crippen LogP contribution in [-0.2, 0) is 16.1 Å². The number of anilines is 1. The predicted octanol–water partition coefficient (Wildman–Crippen LogP) is 5.31. The fourth-order valence-electron chi connectivity index (χ4n) is 5.11. The molecule has 2 heterocycles. The molecule has 0 bridgehead atoms. The fraction of sp³-hybridized carbons (Fsp3) is 0.483. The summed E-state index contributed by atoms with van der Waals surface area (Å²) in [5, 5.41) is 0. The highest BCUT2D eigenvalue weighted by Gasteiger charge is 2.36. The van der Waals surface area contributed by atoms with Gasteiger partial charge in [0.15, 0.2) is 0 Å². The number of hydrogen-bond acceptors (Lipinski definition) is 3. The van der Waals surface area contributed by atoms with E-state index >= 15 is 0 Å². The van der Waals surface area contributed by atoms with Gasteiger partial charge in [0, 0.05) is 37.7 Å². The number of para-hydroxylation sites is 2. The summed E-state index contributed by atoms with van der Waals surface area (Å²) in [6.45, 7) is 15.0. The number of rotatable bonds is 8. The van der Waals surface area contributed by atoms with Crippen LogP contribution in [0.1, 0.15) is 57.0 Å². The number of imidazole rings is 1. The van der Waals surface area contributed by atoms with Crippen molar-refractivity contribution in [2.45, 2.75) is 60.4 Å². The summed E-state index contributed by atoms with van der Waals surface area (Å²) in [7, 11) is 0. The monoisotopic (exact) mass is 474 g/mol. The lowest BCUT2D eigenvalue weighted by Gasteiger charge is -2.27. The van der Waals surface area contributed by atoms with E-state index in [9.17, 15) is 9.59 Å². The second kappa shape index (κ2) is 10.2. The first-order chi connectivity index (χ1) is 16.7. The minimum absolute atomic E-state index is 0.0636. The van der Waals surface area contributed by atoms with Crippen LogP contribution in [-0.4, -0.2) is 45.9 Å². The van der Waals surface area contributed by atoms with Gasteiger partial charge >= 0.3 is 0 Å². The van der Waals surface area contributed by atoms with Gasteiger partial charge in [-0.2, -0.15) is 0 Å². The van der Waals surface area contributed by atoms with E-state index in [1.165, 1.54) is 5.56 Å². The maximum atomic E-state index is 13.5. The Bertz CT molecular complexity index is 1220. The normalized spacial score (nSPS) is 16.2. The van der Waals surface area contributed by atoms with Crippen LogP contribution >= 0.6 is 0 Å². The fourth-order valence-corrected chi connectivity index (χ4v) is 5.11. The molecular formula is C29H38N4O2. The quantitative estimate of drug-likeness (QED) is 0.444. The Kier molecular flexibility index (Phi) is 7.29. The van der Waals surface area contributed by atoms with Crippen molar-refractivity contribution in [3.63, 3.8) is 0 Å². The molecule has 2 amide bonds. The number of amides is 2. The van der Waals surface area contributed by atoms with Gasteiger partial charge in [-0.15, -0.1) is 0 Å². The van der Waals surface area contributed by atoms with Gasteiger partial charge in [0.05, 0.1) is 11.0 Å². The molecule has 0 N–H and O–H groups in total. The molecule has 0 aliphatic carbocycles. The van der Waals surface area contributed by atoms with E-state index in [4.69, 9.17) is 4.98 Å². The van der Waals surface area contributed by atoms with Crippen LogP contribution in [0.4, 0.5) is 5.69 Å². The van der Waals surface area contributed by atoms with Crippen molar-refractivity contribution < 1.29 is 9.59 Å². The second-order valence-electron chi connectivity index (χ2n) is 10.8. The highest BCUT2D eigenvalue weighted by atomic mass is 16.2. The molecule has 0 radical (unpaired) electrons. The largest absolute Gasteiger partial charge is 0.341 e. The first-order valence-electron chi connectivity index (χ1n) is 12.7. The van der Waals surface area contributed by atoms with Gasteiger partial charge in [0.1, 0.15) is 12.4 Å². The van der Waals surface area contributed by atoms with Crippen molar-refractivity contribution >= 4 is 28.5 Å². The van der Waals surface area contributed by atoms with Crippen molar-refractivity contribution in [2.24, 2.45) is 11.8 Å². The van der Waals surface area contributed by atoms with Gasteiger partial charge in [-0.25, -0.2) is 4.98 Å². The maximum Gasteiger partial charge on any atom is 0.242 e. The Hall–Kier alpha value is -3.15. The third-order valence-electron chi connectivity index (χ3n) is 6.86. The Morgan fingerprint density at radius 2 is 1.71 bits per heavy atom. The SMILES string of the molecule is Cc1cccc(N2CC(c3nc4ccccc4n3CC(=O)N(CC(C)C)CC(C)C)CC2=O)c1C. The lowest BCUT2D eigenvalue weighted by molar-refractivity contribution is -0.132. The van der Waals surface area contributed by atoms with Crippen molar-refractivity contribution in [2.75, 3.05) is 24.5 Å². The van der Waals surface area contributed by atoms with E-state index in [1.807, 2.05) is 46.2 Å². The van der Waals surface area contributed by atoms with Crippen LogP contribution in [0.15, 0.2) is 42.5 Å². The first kappa shape index (κ1) is 25.0. The molecule has 35 heavy (non-hydrogen) atoms. The Labute approximate surface area is 208 Å². The minimum atomic E-state index is -0.0636. The molecule has 0 saturated carbocycles. The van der Waals surface area contributed by atoms with Gasteiger partial charge < -0.3 is 14.4 Å². The smallest absolute Gasteiger partial charge is 0.242 e. The average molecular weight is 475 g/mol. The second-order valence-corrected chi connectivity index (χ2v) is 10.8. The number of hydrogen-bond donors (Lipinski definition) is 0. The summed E-state index contributed by atoms with van der Waals surface area (Å²) < 4.78 is 2.05. The molecule has 1 aliphatic heterocycles. The molecule has 0 spiro atoms. The summed E-state index contributed by atoms with van der Waals surface area (Å²) in [5.41, 5.74) is 5.08. The van der Waals surface area contributed by atoms with Crippen LogP contribution in [0.25, 0.3) is 11.0 Å². The van der Waals surface area contributed by atoms with E-state index in [1.54, 1.807) is 0 Å². The Morgan fingerprint density at radius 1 is 1.03 bits per heavy atom. The molecule has 1 aromatic heterocycles. The maximum absolute atomic E-state index is 13.5. The summed E-state index contributed by atoms with van der Waals surface area (Å²) in [4.78, 5) is 35.5. The summed E-state index contributed by atoms with van der Waals surface area (Å²) >= 11 is 0. The number of benzene rings is 2. The third kappa shape index (κ3) is 5.26. The van der Waals surface area contributed by atoms with E-state index in [-0.39, 0.29) is 24.3 Å². The van der Waals surface area contributed by atoms with Gasteiger partial charge in [-0.05, 0) is 55.0 Å².